The molecule has 0 aliphatic heterocycles. The highest BCUT2D eigenvalue weighted by Crippen LogP contribution is 2.30. The molecule has 1 saturated carbocycles. The number of hydrogen-bond donors (Lipinski definition) is 2. The van der Waals surface area contributed by atoms with Crippen LogP contribution in [0.15, 0.2) is 29.2 Å². The first-order valence-electron chi connectivity index (χ1n) is 6.62. The Bertz CT molecular complexity index is 604. The van der Waals surface area contributed by atoms with Gasteiger partial charge in [0.05, 0.1) is 16.5 Å². The second-order valence-electron chi connectivity index (χ2n) is 5.55. The van der Waals surface area contributed by atoms with Crippen LogP contribution in [-0.4, -0.2) is 26.1 Å². The molecular formula is C14H20N2O3S. The fourth-order valence-corrected chi connectivity index (χ4v) is 2.84. The summed E-state index contributed by atoms with van der Waals surface area (Å²) in [6, 6.07) is 6.33. The molecule has 1 aromatic carbocycles. The van der Waals surface area contributed by atoms with Crippen LogP contribution >= 0.6 is 0 Å². The number of carbonyl (C=O) groups excluding carboxylic acids is 1. The topological polar surface area (TPSA) is 89.3 Å². The van der Waals surface area contributed by atoms with Gasteiger partial charge in [0.15, 0.2) is 9.84 Å². The van der Waals surface area contributed by atoms with Gasteiger partial charge >= 0.3 is 0 Å². The van der Waals surface area contributed by atoms with Crippen molar-refractivity contribution in [3.63, 3.8) is 0 Å². The van der Waals surface area contributed by atoms with E-state index in [9.17, 15) is 13.2 Å². The molecule has 5 nitrogen and oxygen atoms in total. The molecular weight excluding hydrogens is 276 g/mol. The second-order valence-corrected chi connectivity index (χ2v) is 7.56. The molecule has 1 unspecified atom stereocenters. The zero-order valence-corrected chi connectivity index (χ0v) is 12.5. The Morgan fingerprint density at radius 3 is 2.25 bits per heavy atom. The molecule has 0 radical (unpaired) electrons. The molecule has 0 spiro atoms. The van der Waals surface area contributed by atoms with Crippen molar-refractivity contribution in [3.8, 4) is 0 Å². The lowest BCUT2D eigenvalue weighted by Gasteiger charge is -2.37. The molecule has 1 amide bonds. The molecule has 0 bridgehead atoms. The predicted molar refractivity (Wildman–Crippen MR) is 76.9 cm³/mol. The molecule has 6 heteroatoms. The number of hydrogen-bond acceptors (Lipinski definition) is 4. The van der Waals surface area contributed by atoms with Crippen molar-refractivity contribution in [1.29, 1.82) is 0 Å². The molecule has 1 atom stereocenters. The molecule has 1 aromatic rings. The minimum atomic E-state index is -3.19. The molecule has 3 N–H and O–H groups in total. The van der Waals surface area contributed by atoms with Crippen LogP contribution in [0, 0.1) is 0 Å². The lowest BCUT2D eigenvalue weighted by atomic mass is 9.77. The van der Waals surface area contributed by atoms with E-state index in [1.807, 2.05) is 6.92 Å². The van der Waals surface area contributed by atoms with Crippen LogP contribution in [0.5, 0.6) is 0 Å². The lowest BCUT2D eigenvalue weighted by Crippen LogP contribution is -2.58. The SMILES string of the molecule is CC(NC(=O)C1(N)CCC1)c1ccc(S(C)(=O)=O)cc1. The van der Waals surface area contributed by atoms with Gasteiger partial charge in [0.2, 0.25) is 5.91 Å². The van der Waals surface area contributed by atoms with Gasteiger partial charge in [-0.15, -0.1) is 0 Å². The first kappa shape index (κ1) is 15.0. The van der Waals surface area contributed by atoms with Crippen molar-refractivity contribution in [1.82, 2.24) is 5.32 Å². The molecule has 0 heterocycles. The van der Waals surface area contributed by atoms with E-state index in [1.165, 1.54) is 6.26 Å². The van der Waals surface area contributed by atoms with Crippen LogP contribution in [0.1, 0.15) is 37.8 Å². The molecule has 0 aromatic heterocycles. The van der Waals surface area contributed by atoms with Crippen molar-refractivity contribution in [2.75, 3.05) is 6.26 Å². The molecule has 0 saturated heterocycles. The summed E-state index contributed by atoms with van der Waals surface area (Å²) in [5.74, 6) is -0.136. The Kier molecular flexibility index (Phi) is 3.88. The third kappa shape index (κ3) is 3.02. The van der Waals surface area contributed by atoms with Gasteiger partial charge in [0, 0.05) is 6.26 Å². The summed E-state index contributed by atoms with van der Waals surface area (Å²) >= 11 is 0. The molecule has 2 rings (SSSR count). The maximum atomic E-state index is 12.0. The van der Waals surface area contributed by atoms with Crippen LogP contribution in [-0.2, 0) is 14.6 Å². The summed E-state index contributed by atoms with van der Waals surface area (Å²) in [5.41, 5.74) is 6.10. The molecule has 20 heavy (non-hydrogen) atoms. The fraction of sp³-hybridized carbons (Fsp3) is 0.500. The maximum Gasteiger partial charge on any atom is 0.240 e. The van der Waals surface area contributed by atoms with E-state index in [4.69, 9.17) is 5.73 Å². The Hall–Kier alpha value is -1.40. The van der Waals surface area contributed by atoms with E-state index in [0.717, 1.165) is 24.8 Å². The van der Waals surface area contributed by atoms with Crippen LogP contribution in [0.2, 0.25) is 0 Å². The number of sulfone groups is 1. The third-order valence-electron chi connectivity index (χ3n) is 3.85. The van der Waals surface area contributed by atoms with Gasteiger partial charge in [-0.2, -0.15) is 0 Å². The highest BCUT2D eigenvalue weighted by atomic mass is 32.2. The summed E-state index contributed by atoms with van der Waals surface area (Å²) in [5, 5.41) is 2.88. The van der Waals surface area contributed by atoms with Crippen molar-refractivity contribution >= 4 is 15.7 Å². The number of amides is 1. The van der Waals surface area contributed by atoms with Crippen LogP contribution in [0.4, 0.5) is 0 Å². The highest BCUT2D eigenvalue weighted by Gasteiger charge is 2.40. The summed E-state index contributed by atoms with van der Waals surface area (Å²) in [4.78, 5) is 12.3. The summed E-state index contributed by atoms with van der Waals surface area (Å²) < 4.78 is 22.8. The predicted octanol–water partition coefficient (Wildman–Crippen LogP) is 1.15. The quantitative estimate of drug-likeness (QED) is 0.872. The monoisotopic (exact) mass is 296 g/mol. The summed E-state index contributed by atoms with van der Waals surface area (Å²) in [6.45, 7) is 1.86. The van der Waals surface area contributed by atoms with E-state index in [-0.39, 0.29) is 16.8 Å². The van der Waals surface area contributed by atoms with Gasteiger partial charge in [0.25, 0.3) is 0 Å². The van der Waals surface area contributed by atoms with Gasteiger partial charge < -0.3 is 11.1 Å². The molecule has 1 aliphatic rings. The van der Waals surface area contributed by atoms with E-state index in [2.05, 4.69) is 5.32 Å². The molecule has 1 fully saturated rings. The van der Waals surface area contributed by atoms with Crippen LogP contribution in [0.3, 0.4) is 0 Å². The van der Waals surface area contributed by atoms with Crippen LogP contribution < -0.4 is 11.1 Å². The van der Waals surface area contributed by atoms with Gasteiger partial charge in [-0.1, -0.05) is 12.1 Å². The standard InChI is InChI=1S/C14H20N2O3S/c1-10(16-13(17)14(15)8-3-9-14)11-4-6-12(7-5-11)20(2,18)19/h4-7,10H,3,8-9,15H2,1-2H3,(H,16,17). The second kappa shape index (κ2) is 5.18. The number of nitrogens with two attached hydrogens (primary N) is 1. The van der Waals surface area contributed by atoms with Crippen molar-refractivity contribution in [3.05, 3.63) is 29.8 Å². The number of carbonyl (C=O) groups is 1. The smallest absolute Gasteiger partial charge is 0.240 e. The Balaban J connectivity index is 2.06. The molecule has 110 valence electrons. The number of nitrogens with one attached hydrogen (secondary N) is 1. The lowest BCUT2D eigenvalue weighted by molar-refractivity contribution is -0.129. The number of rotatable bonds is 4. The normalized spacial score (nSPS) is 18.9. The van der Waals surface area contributed by atoms with Crippen molar-refractivity contribution in [2.24, 2.45) is 5.73 Å². The third-order valence-corrected chi connectivity index (χ3v) is 4.98. The number of benzene rings is 1. The minimum absolute atomic E-state index is 0.136. The van der Waals surface area contributed by atoms with E-state index >= 15 is 0 Å². The molecule has 1 aliphatic carbocycles. The van der Waals surface area contributed by atoms with Gasteiger partial charge in [-0.25, -0.2) is 8.42 Å². The average molecular weight is 296 g/mol. The van der Waals surface area contributed by atoms with Gasteiger partial charge in [-0.05, 0) is 43.9 Å². The summed E-state index contributed by atoms with van der Waals surface area (Å²) in [6.07, 6.45) is 3.60. The Morgan fingerprint density at radius 1 is 1.30 bits per heavy atom. The van der Waals surface area contributed by atoms with Crippen molar-refractivity contribution in [2.45, 2.75) is 42.7 Å². The largest absolute Gasteiger partial charge is 0.348 e. The Labute approximate surface area is 119 Å². The van der Waals surface area contributed by atoms with Crippen LogP contribution in [0.25, 0.3) is 0 Å². The highest BCUT2D eigenvalue weighted by molar-refractivity contribution is 7.90. The summed E-state index contributed by atoms with van der Waals surface area (Å²) in [7, 11) is -3.19. The van der Waals surface area contributed by atoms with E-state index < -0.39 is 15.4 Å². The first-order valence-corrected chi connectivity index (χ1v) is 8.51. The average Bonchev–Trinajstić information content (AvgIpc) is 2.34. The Morgan fingerprint density at radius 2 is 1.85 bits per heavy atom. The zero-order valence-electron chi connectivity index (χ0n) is 11.7. The van der Waals surface area contributed by atoms with E-state index in [1.54, 1.807) is 24.3 Å². The minimum Gasteiger partial charge on any atom is -0.348 e. The van der Waals surface area contributed by atoms with Gasteiger partial charge in [-0.3, -0.25) is 4.79 Å². The van der Waals surface area contributed by atoms with Crippen molar-refractivity contribution < 1.29 is 13.2 Å². The van der Waals surface area contributed by atoms with E-state index in [0.29, 0.717) is 0 Å². The zero-order chi connectivity index (χ0) is 15.0. The van der Waals surface area contributed by atoms with Gasteiger partial charge in [0.1, 0.15) is 0 Å². The maximum absolute atomic E-state index is 12.0. The first-order chi connectivity index (χ1) is 9.22. The fourth-order valence-electron chi connectivity index (χ4n) is 2.21.